The molecule has 4 rings (SSSR count). The van der Waals surface area contributed by atoms with E-state index >= 15 is 0 Å². The largest absolute Gasteiger partial charge is 0.351 e. The van der Waals surface area contributed by atoms with Gasteiger partial charge in [0.2, 0.25) is 0 Å². The van der Waals surface area contributed by atoms with E-state index in [4.69, 9.17) is 11.6 Å². The standard InChI is InChI=1S/C20H20ClFN4O/c1-14-18(19(21)26(23-14)17-6-4-15(22)5-7-17)20(27)25-12-8-16(9-13-25)24-10-2-3-11-24/h2-7,10-11,16H,8-9,12-13H2,1H3. The summed E-state index contributed by atoms with van der Waals surface area (Å²) >= 11 is 6.48. The molecule has 1 aliphatic heterocycles. The van der Waals surface area contributed by atoms with Crippen LogP contribution in [0.1, 0.15) is 34.9 Å². The molecule has 5 nitrogen and oxygen atoms in total. The Bertz CT molecular complexity index is 941. The lowest BCUT2D eigenvalue weighted by molar-refractivity contribution is 0.0694. The van der Waals surface area contributed by atoms with Crippen LogP contribution < -0.4 is 0 Å². The number of hydrogen-bond donors (Lipinski definition) is 0. The number of aryl methyl sites for hydroxylation is 1. The summed E-state index contributed by atoms with van der Waals surface area (Å²) < 4.78 is 16.9. The zero-order chi connectivity index (χ0) is 19.0. The maximum absolute atomic E-state index is 13.2. The zero-order valence-corrected chi connectivity index (χ0v) is 15.7. The van der Waals surface area contributed by atoms with Gasteiger partial charge in [-0.15, -0.1) is 0 Å². The van der Waals surface area contributed by atoms with Crippen LogP contribution in [0, 0.1) is 12.7 Å². The zero-order valence-electron chi connectivity index (χ0n) is 15.0. The van der Waals surface area contributed by atoms with E-state index in [0.717, 1.165) is 12.8 Å². The number of benzene rings is 1. The molecule has 1 amide bonds. The third kappa shape index (κ3) is 3.37. The molecule has 140 valence electrons. The number of nitrogens with zero attached hydrogens (tertiary/aromatic N) is 4. The van der Waals surface area contributed by atoms with Crippen molar-refractivity contribution in [1.82, 2.24) is 19.2 Å². The minimum absolute atomic E-state index is 0.100. The molecule has 0 atom stereocenters. The van der Waals surface area contributed by atoms with E-state index in [9.17, 15) is 9.18 Å². The molecule has 7 heteroatoms. The summed E-state index contributed by atoms with van der Waals surface area (Å²) in [6, 6.07) is 10.3. The lowest BCUT2D eigenvalue weighted by atomic mass is 10.0. The van der Waals surface area contributed by atoms with Crippen molar-refractivity contribution in [1.29, 1.82) is 0 Å². The highest BCUT2D eigenvalue weighted by Gasteiger charge is 2.29. The Hall–Kier alpha value is -2.60. The first-order chi connectivity index (χ1) is 13.0. The van der Waals surface area contributed by atoms with Crippen molar-refractivity contribution in [2.75, 3.05) is 13.1 Å². The topological polar surface area (TPSA) is 43.1 Å². The molecule has 1 saturated heterocycles. The van der Waals surface area contributed by atoms with Crippen LogP contribution in [0.2, 0.25) is 5.15 Å². The van der Waals surface area contributed by atoms with Gasteiger partial charge in [-0.25, -0.2) is 9.07 Å². The lowest BCUT2D eigenvalue weighted by Crippen LogP contribution is -2.39. The molecule has 3 aromatic rings. The Morgan fingerprint density at radius 2 is 1.78 bits per heavy atom. The minimum atomic E-state index is -0.333. The third-order valence-electron chi connectivity index (χ3n) is 5.09. The second-order valence-electron chi connectivity index (χ2n) is 6.79. The first kappa shape index (κ1) is 17.8. The van der Waals surface area contributed by atoms with E-state index in [2.05, 4.69) is 22.1 Å². The highest BCUT2D eigenvalue weighted by molar-refractivity contribution is 6.33. The Balaban J connectivity index is 1.53. The van der Waals surface area contributed by atoms with Crippen LogP contribution in [0.3, 0.4) is 0 Å². The van der Waals surface area contributed by atoms with Crippen LogP contribution in [0.25, 0.3) is 5.69 Å². The predicted molar refractivity (Wildman–Crippen MR) is 102 cm³/mol. The van der Waals surface area contributed by atoms with Crippen molar-refractivity contribution >= 4 is 17.5 Å². The molecular weight excluding hydrogens is 367 g/mol. The predicted octanol–water partition coefficient (Wildman–Crippen LogP) is 4.25. The summed E-state index contributed by atoms with van der Waals surface area (Å²) in [5, 5.41) is 4.65. The molecule has 0 unspecified atom stereocenters. The van der Waals surface area contributed by atoms with E-state index in [1.54, 1.807) is 19.1 Å². The minimum Gasteiger partial charge on any atom is -0.351 e. The van der Waals surface area contributed by atoms with Crippen LogP contribution in [-0.4, -0.2) is 38.2 Å². The van der Waals surface area contributed by atoms with Crippen LogP contribution in [0.15, 0.2) is 48.8 Å². The van der Waals surface area contributed by atoms with Gasteiger partial charge in [0, 0.05) is 31.5 Å². The summed E-state index contributed by atoms with van der Waals surface area (Å²) in [6.07, 6.45) is 5.94. The lowest BCUT2D eigenvalue weighted by Gasteiger charge is -2.32. The van der Waals surface area contributed by atoms with E-state index in [-0.39, 0.29) is 16.9 Å². The van der Waals surface area contributed by atoms with E-state index in [1.165, 1.54) is 16.8 Å². The smallest absolute Gasteiger partial charge is 0.258 e. The van der Waals surface area contributed by atoms with Gasteiger partial charge in [0.05, 0.1) is 16.9 Å². The SMILES string of the molecule is Cc1nn(-c2ccc(F)cc2)c(Cl)c1C(=O)N1CCC(n2cccc2)CC1. The molecule has 0 spiro atoms. The number of hydrogen-bond acceptors (Lipinski definition) is 2. The Labute approximate surface area is 162 Å². The Kier molecular flexibility index (Phi) is 4.74. The number of amides is 1. The summed E-state index contributed by atoms with van der Waals surface area (Å²) in [4.78, 5) is 14.9. The van der Waals surface area contributed by atoms with E-state index < -0.39 is 0 Å². The van der Waals surface area contributed by atoms with Gasteiger partial charge in [0.25, 0.3) is 5.91 Å². The average Bonchev–Trinajstić information content (AvgIpc) is 3.31. The molecule has 1 fully saturated rings. The molecule has 2 aromatic heterocycles. The van der Waals surface area contributed by atoms with Crippen LogP contribution in [0.4, 0.5) is 4.39 Å². The quantitative estimate of drug-likeness (QED) is 0.675. The van der Waals surface area contributed by atoms with Gasteiger partial charge in [-0.2, -0.15) is 5.10 Å². The molecule has 27 heavy (non-hydrogen) atoms. The summed E-state index contributed by atoms with van der Waals surface area (Å²) in [7, 11) is 0. The number of carbonyl (C=O) groups excluding carboxylic acids is 1. The van der Waals surface area contributed by atoms with Crippen molar-refractivity contribution in [3.05, 3.63) is 71.0 Å². The number of halogens is 2. The summed E-state index contributed by atoms with van der Waals surface area (Å²) in [6.45, 7) is 3.13. The van der Waals surface area contributed by atoms with Crippen molar-refractivity contribution in [2.24, 2.45) is 0 Å². The van der Waals surface area contributed by atoms with Crippen molar-refractivity contribution in [2.45, 2.75) is 25.8 Å². The van der Waals surface area contributed by atoms with Crippen LogP contribution in [0.5, 0.6) is 0 Å². The average molecular weight is 387 g/mol. The molecule has 0 N–H and O–H groups in total. The maximum atomic E-state index is 13.2. The van der Waals surface area contributed by atoms with Crippen LogP contribution >= 0.6 is 11.6 Å². The highest BCUT2D eigenvalue weighted by Crippen LogP contribution is 2.28. The van der Waals surface area contributed by atoms with Gasteiger partial charge in [0.1, 0.15) is 11.0 Å². The molecule has 0 radical (unpaired) electrons. The molecule has 0 bridgehead atoms. The fourth-order valence-electron chi connectivity index (χ4n) is 3.61. The van der Waals surface area contributed by atoms with Gasteiger partial charge in [0.15, 0.2) is 0 Å². The number of likely N-dealkylation sites (tertiary alicyclic amines) is 1. The number of piperidine rings is 1. The first-order valence-corrected chi connectivity index (χ1v) is 9.35. The van der Waals surface area contributed by atoms with Gasteiger partial charge >= 0.3 is 0 Å². The van der Waals surface area contributed by atoms with Crippen LogP contribution in [-0.2, 0) is 0 Å². The van der Waals surface area contributed by atoms with E-state index in [0.29, 0.717) is 36.1 Å². The number of rotatable bonds is 3. The monoisotopic (exact) mass is 386 g/mol. The number of aromatic nitrogens is 3. The molecule has 0 saturated carbocycles. The maximum Gasteiger partial charge on any atom is 0.258 e. The van der Waals surface area contributed by atoms with Crippen molar-refractivity contribution in [3.63, 3.8) is 0 Å². The molecule has 0 aliphatic carbocycles. The fraction of sp³-hybridized carbons (Fsp3) is 0.300. The second kappa shape index (κ2) is 7.19. The van der Waals surface area contributed by atoms with Gasteiger partial charge < -0.3 is 9.47 Å². The number of carbonyl (C=O) groups is 1. The third-order valence-corrected chi connectivity index (χ3v) is 5.44. The summed E-state index contributed by atoms with van der Waals surface area (Å²) in [5.41, 5.74) is 1.61. The highest BCUT2D eigenvalue weighted by atomic mass is 35.5. The van der Waals surface area contributed by atoms with Crippen molar-refractivity contribution < 1.29 is 9.18 Å². The molecule has 1 aliphatic rings. The van der Waals surface area contributed by atoms with Gasteiger partial charge in [-0.3, -0.25) is 4.79 Å². The second-order valence-corrected chi connectivity index (χ2v) is 7.15. The normalized spacial score (nSPS) is 15.3. The van der Waals surface area contributed by atoms with Gasteiger partial charge in [-0.1, -0.05) is 11.6 Å². The molecule has 3 heterocycles. The van der Waals surface area contributed by atoms with Crippen molar-refractivity contribution in [3.8, 4) is 5.69 Å². The fourth-order valence-corrected chi connectivity index (χ4v) is 3.96. The Morgan fingerprint density at radius 1 is 1.15 bits per heavy atom. The Morgan fingerprint density at radius 3 is 2.41 bits per heavy atom. The first-order valence-electron chi connectivity index (χ1n) is 8.97. The van der Waals surface area contributed by atoms with E-state index in [1.807, 2.05) is 17.0 Å². The van der Waals surface area contributed by atoms with Gasteiger partial charge in [-0.05, 0) is 56.2 Å². The molecule has 1 aromatic carbocycles. The molecular formula is C20H20ClFN4O. The summed E-state index contributed by atoms with van der Waals surface area (Å²) in [5.74, 6) is -0.433.